The van der Waals surface area contributed by atoms with Crippen LogP contribution in [-0.2, 0) is 13.2 Å². The van der Waals surface area contributed by atoms with Crippen LogP contribution >= 0.6 is 34.4 Å². The van der Waals surface area contributed by atoms with Gasteiger partial charge in [-0.25, -0.2) is 9.78 Å². The molecule has 0 spiro atoms. The number of carboxylic acids is 1. The van der Waals surface area contributed by atoms with Crippen molar-refractivity contribution in [2.24, 2.45) is 7.05 Å². The number of hydrogen-bond acceptors (Lipinski definition) is 7. The van der Waals surface area contributed by atoms with Crippen LogP contribution in [0.5, 0.6) is 0 Å². The second-order valence-corrected chi connectivity index (χ2v) is 7.57. The Morgan fingerprint density at radius 3 is 2.67 bits per heavy atom. The van der Waals surface area contributed by atoms with Crippen LogP contribution in [0, 0.1) is 0 Å². The summed E-state index contributed by atoms with van der Waals surface area (Å²) >= 11 is 2.75. The highest BCUT2D eigenvalue weighted by atomic mass is 32.2. The summed E-state index contributed by atoms with van der Waals surface area (Å²) in [6.45, 7) is 0. The van der Waals surface area contributed by atoms with E-state index in [2.05, 4.69) is 15.2 Å². The average Bonchev–Trinajstić information content (AvgIpc) is 3.19. The van der Waals surface area contributed by atoms with Gasteiger partial charge in [0, 0.05) is 7.05 Å². The molecular formula is C12H7F3N4O2S3. The van der Waals surface area contributed by atoms with E-state index in [0.29, 0.717) is 22.3 Å². The van der Waals surface area contributed by atoms with E-state index in [1.165, 1.54) is 11.3 Å². The molecule has 6 nitrogen and oxygen atoms in total. The third kappa shape index (κ3) is 3.16. The Morgan fingerprint density at radius 2 is 2.12 bits per heavy atom. The van der Waals surface area contributed by atoms with E-state index in [0.717, 1.165) is 16.6 Å². The lowest BCUT2D eigenvalue weighted by molar-refractivity contribution is -0.141. The molecule has 3 aromatic heterocycles. The minimum atomic E-state index is -4.83. The molecule has 3 heterocycles. The van der Waals surface area contributed by atoms with Crippen LogP contribution in [0.15, 0.2) is 27.0 Å². The monoisotopic (exact) mass is 392 g/mol. The van der Waals surface area contributed by atoms with Gasteiger partial charge in [0.05, 0.1) is 4.88 Å². The van der Waals surface area contributed by atoms with Crippen molar-refractivity contribution in [1.29, 1.82) is 0 Å². The fraction of sp³-hybridized carbons (Fsp3) is 0.167. The molecule has 1 N–H and O–H groups in total. The first-order chi connectivity index (χ1) is 11.3. The minimum Gasteiger partial charge on any atom is -0.477 e. The van der Waals surface area contributed by atoms with Crippen LogP contribution in [0.2, 0.25) is 0 Å². The van der Waals surface area contributed by atoms with E-state index in [4.69, 9.17) is 5.11 Å². The second kappa shape index (κ2) is 6.18. The van der Waals surface area contributed by atoms with Crippen molar-refractivity contribution in [2.45, 2.75) is 15.7 Å². The maximum Gasteiger partial charge on any atom is 0.435 e. The van der Waals surface area contributed by atoms with Crippen LogP contribution in [0.3, 0.4) is 0 Å². The third-order valence-corrected chi connectivity index (χ3v) is 5.83. The van der Waals surface area contributed by atoms with Gasteiger partial charge in [0.15, 0.2) is 21.0 Å². The van der Waals surface area contributed by atoms with E-state index in [9.17, 15) is 18.0 Å². The molecule has 126 valence electrons. The number of halogens is 3. The molecule has 0 aliphatic rings. The molecule has 0 unspecified atom stereocenters. The number of hydrogen-bond donors (Lipinski definition) is 1. The quantitative estimate of drug-likeness (QED) is 0.726. The minimum absolute atomic E-state index is 0.0621. The van der Waals surface area contributed by atoms with Crippen molar-refractivity contribution >= 4 is 40.4 Å². The largest absolute Gasteiger partial charge is 0.477 e. The number of alkyl halides is 3. The van der Waals surface area contributed by atoms with Crippen molar-refractivity contribution in [3.05, 3.63) is 28.1 Å². The normalized spacial score (nSPS) is 11.8. The van der Waals surface area contributed by atoms with Crippen LogP contribution in [-0.4, -0.2) is 30.8 Å². The average molecular weight is 392 g/mol. The summed E-state index contributed by atoms with van der Waals surface area (Å²) in [5.74, 6) is -1.09. The molecule has 0 aliphatic carbocycles. The standard InChI is InChI=1S/C12H7F3N4O2S3/c1-19-8(5-3-2-4-22-5)17-18-10(19)24-11-16-7(12(13,14)15)6(23-11)9(20)21/h2-4H,1H3,(H,20,21). The number of nitrogens with zero attached hydrogens (tertiary/aromatic N) is 4. The molecular weight excluding hydrogens is 385 g/mol. The molecule has 0 saturated heterocycles. The number of carbonyl (C=O) groups is 1. The Labute approximate surface area is 145 Å². The molecule has 0 fully saturated rings. The Morgan fingerprint density at radius 1 is 1.38 bits per heavy atom. The summed E-state index contributed by atoms with van der Waals surface area (Å²) in [4.78, 5) is 14.4. The van der Waals surface area contributed by atoms with Gasteiger partial charge in [-0.1, -0.05) is 17.4 Å². The van der Waals surface area contributed by atoms with Crippen LogP contribution in [0.1, 0.15) is 15.4 Å². The van der Waals surface area contributed by atoms with Crippen LogP contribution in [0.4, 0.5) is 13.2 Å². The fourth-order valence-corrected chi connectivity index (χ4v) is 4.42. The summed E-state index contributed by atoms with van der Waals surface area (Å²) < 4.78 is 40.2. The van der Waals surface area contributed by atoms with Gasteiger partial charge >= 0.3 is 12.1 Å². The first kappa shape index (κ1) is 16.9. The Balaban J connectivity index is 1.94. The lowest BCUT2D eigenvalue weighted by atomic mass is 10.3. The molecule has 0 radical (unpaired) electrons. The number of thiazole rings is 1. The highest BCUT2D eigenvalue weighted by Crippen LogP contribution is 2.39. The second-order valence-electron chi connectivity index (χ2n) is 4.40. The molecule has 3 aromatic rings. The number of carboxylic acid groups (broad SMARTS) is 1. The summed E-state index contributed by atoms with van der Waals surface area (Å²) in [5, 5.41) is 19.0. The van der Waals surface area contributed by atoms with Gasteiger partial charge in [0.2, 0.25) is 0 Å². The molecule has 0 aromatic carbocycles. The third-order valence-electron chi connectivity index (χ3n) is 2.83. The van der Waals surface area contributed by atoms with E-state index < -0.39 is 22.7 Å². The van der Waals surface area contributed by atoms with Gasteiger partial charge in [-0.3, -0.25) is 0 Å². The first-order valence-corrected chi connectivity index (χ1v) is 8.71. The molecule has 0 aliphatic heterocycles. The predicted octanol–water partition coefficient (Wildman–Crippen LogP) is 3.87. The molecule has 3 rings (SSSR count). The van der Waals surface area contributed by atoms with Gasteiger partial charge in [0.25, 0.3) is 0 Å². The lowest BCUT2D eigenvalue weighted by Gasteiger charge is -2.02. The number of aromatic nitrogens is 4. The zero-order chi connectivity index (χ0) is 17.5. The van der Waals surface area contributed by atoms with Crippen molar-refractivity contribution in [2.75, 3.05) is 0 Å². The van der Waals surface area contributed by atoms with E-state index in [1.54, 1.807) is 11.6 Å². The van der Waals surface area contributed by atoms with Gasteiger partial charge in [0.1, 0.15) is 4.88 Å². The number of rotatable bonds is 4. The van der Waals surface area contributed by atoms with Gasteiger partial charge in [-0.05, 0) is 23.2 Å². The Kier molecular flexibility index (Phi) is 4.36. The Hall–Kier alpha value is -1.92. The summed E-state index contributed by atoms with van der Waals surface area (Å²) in [7, 11) is 1.67. The van der Waals surface area contributed by atoms with Gasteiger partial charge in [-0.2, -0.15) is 13.2 Å². The number of aromatic carboxylic acids is 1. The Bertz CT molecular complexity index is 886. The highest BCUT2D eigenvalue weighted by molar-refractivity contribution is 8.00. The number of thiophene rings is 1. The molecule has 0 bridgehead atoms. The summed E-state index contributed by atoms with van der Waals surface area (Å²) in [6.07, 6.45) is -4.83. The highest BCUT2D eigenvalue weighted by Gasteiger charge is 2.40. The van der Waals surface area contributed by atoms with Gasteiger partial charge in [-0.15, -0.1) is 21.5 Å². The zero-order valence-electron chi connectivity index (χ0n) is 11.7. The smallest absolute Gasteiger partial charge is 0.435 e. The van der Waals surface area contributed by atoms with Crippen molar-refractivity contribution in [3.63, 3.8) is 0 Å². The van der Waals surface area contributed by atoms with E-state index in [-0.39, 0.29) is 4.34 Å². The zero-order valence-corrected chi connectivity index (χ0v) is 14.2. The van der Waals surface area contributed by atoms with Crippen molar-refractivity contribution in [3.8, 4) is 10.7 Å². The molecule has 0 saturated carbocycles. The molecule has 12 heteroatoms. The van der Waals surface area contributed by atoms with Gasteiger partial charge < -0.3 is 9.67 Å². The summed E-state index contributed by atoms with van der Waals surface area (Å²) in [6, 6.07) is 3.69. The SMILES string of the molecule is Cn1c(Sc2nc(C(F)(F)F)c(C(=O)O)s2)nnc1-c1cccs1. The molecule has 24 heavy (non-hydrogen) atoms. The first-order valence-electron chi connectivity index (χ1n) is 6.20. The molecule has 0 atom stereocenters. The van der Waals surface area contributed by atoms with Crippen molar-refractivity contribution < 1.29 is 23.1 Å². The maximum atomic E-state index is 12.9. The summed E-state index contributed by atoms with van der Waals surface area (Å²) in [5.41, 5.74) is -1.40. The topological polar surface area (TPSA) is 80.9 Å². The lowest BCUT2D eigenvalue weighted by Crippen LogP contribution is -2.11. The maximum absolute atomic E-state index is 12.9. The van der Waals surface area contributed by atoms with Crippen molar-refractivity contribution in [1.82, 2.24) is 19.7 Å². The molecule has 0 amide bonds. The van der Waals surface area contributed by atoms with E-state index >= 15 is 0 Å². The van der Waals surface area contributed by atoms with Crippen LogP contribution < -0.4 is 0 Å². The van der Waals surface area contributed by atoms with Crippen LogP contribution in [0.25, 0.3) is 10.7 Å². The fourth-order valence-electron chi connectivity index (χ4n) is 1.78. The predicted molar refractivity (Wildman–Crippen MR) is 82.5 cm³/mol. The van der Waals surface area contributed by atoms with E-state index in [1.807, 2.05) is 17.5 Å².